The molecule has 1 aromatic rings. The molecule has 0 aliphatic rings. The van der Waals surface area contributed by atoms with Crippen molar-refractivity contribution in [2.75, 3.05) is 0 Å². The standard InChI is InChI=1S/C12H17ClF2Si/c1-4-16(5-2,6-3)12-10(14)8-7-9(13)11(12)15/h7-8H,4-6H2,1-3H3. The molecule has 0 saturated carbocycles. The van der Waals surface area contributed by atoms with Crippen molar-refractivity contribution in [1.82, 2.24) is 0 Å². The highest BCUT2D eigenvalue weighted by atomic mass is 35.5. The van der Waals surface area contributed by atoms with Crippen LogP contribution in [0.4, 0.5) is 8.78 Å². The Bertz CT molecular complexity index is 367. The van der Waals surface area contributed by atoms with Gasteiger partial charge in [-0.3, -0.25) is 0 Å². The molecule has 0 aromatic heterocycles. The minimum atomic E-state index is -2.05. The van der Waals surface area contributed by atoms with Crippen molar-refractivity contribution in [3.8, 4) is 0 Å². The number of rotatable bonds is 4. The minimum absolute atomic E-state index is 0.0311. The summed E-state index contributed by atoms with van der Waals surface area (Å²) in [5, 5.41) is 0.316. The van der Waals surface area contributed by atoms with Gasteiger partial charge in [-0.1, -0.05) is 50.5 Å². The van der Waals surface area contributed by atoms with E-state index in [0.29, 0.717) is 0 Å². The van der Waals surface area contributed by atoms with Crippen molar-refractivity contribution < 1.29 is 8.78 Å². The van der Waals surface area contributed by atoms with Gasteiger partial charge >= 0.3 is 0 Å². The molecule has 0 fully saturated rings. The Balaban J connectivity index is 3.45. The Kier molecular flexibility index (Phi) is 4.50. The van der Waals surface area contributed by atoms with Crippen molar-refractivity contribution >= 4 is 24.9 Å². The molecule has 0 heterocycles. The molecule has 0 N–H and O–H groups in total. The van der Waals surface area contributed by atoms with Gasteiger partial charge in [0.05, 0.1) is 13.1 Å². The molecule has 0 aliphatic carbocycles. The first-order valence-corrected chi connectivity index (χ1v) is 8.66. The second-order valence-corrected chi connectivity index (χ2v) is 9.65. The molecule has 0 atom stereocenters. The minimum Gasteiger partial charge on any atom is -0.207 e. The summed E-state index contributed by atoms with van der Waals surface area (Å²) >= 11 is 5.74. The Morgan fingerprint density at radius 2 is 1.56 bits per heavy atom. The van der Waals surface area contributed by atoms with E-state index >= 15 is 0 Å². The summed E-state index contributed by atoms with van der Waals surface area (Å²) < 4.78 is 27.8. The number of hydrogen-bond acceptors (Lipinski definition) is 0. The third-order valence-corrected chi connectivity index (χ3v) is 9.48. The Morgan fingerprint density at radius 3 is 2.00 bits per heavy atom. The molecule has 0 aliphatic heterocycles. The van der Waals surface area contributed by atoms with Crippen LogP contribution in [0.1, 0.15) is 20.8 Å². The van der Waals surface area contributed by atoms with Gasteiger partial charge in [-0.2, -0.15) is 0 Å². The average molecular weight is 263 g/mol. The van der Waals surface area contributed by atoms with Gasteiger partial charge in [0.25, 0.3) is 0 Å². The maximum atomic E-state index is 14.0. The fraction of sp³-hybridized carbons (Fsp3) is 0.500. The lowest BCUT2D eigenvalue weighted by Crippen LogP contribution is -2.49. The zero-order valence-corrected chi connectivity index (χ0v) is 11.7. The van der Waals surface area contributed by atoms with Gasteiger partial charge < -0.3 is 0 Å². The lowest BCUT2D eigenvalue weighted by atomic mass is 10.3. The van der Waals surface area contributed by atoms with Crippen LogP contribution in [0.5, 0.6) is 0 Å². The summed E-state index contributed by atoms with van der Waals surface area (Å²) in [4.78, 5) is 0. The molecule has 0 bridgehead atoms. The fourth-order valence-electron chi connectivity index (χ4n) is 2.29. The van der Waals surface area contributed by atoms with Crippen LogP contribution in [0.15, 0.2) is 12.1 Å². The second-order valence-electron chi connectivity index (χ2n) is 4.06. The van der Waals surface area contributed by atoms with Crippen LogP contribution in [0.3, 0.4) is 0 Å². The number of halogens is 3. The van der Waals surface area contributed by atoms with E-state index in [1.807, 2.05) is 20.8 Å². The zero-order valence-electron chi connectivity index (χ0n) is 9.91. The third-order valence-electron chi connectivity index (χ3n) is 3.60. The number of benzene rings is 1. The Labute approximate surface area is 102 Å². The van der Waals surface area contributed by atoms with Gasteiger partial charge in [-0.05, 0) is 12.1 Å². The van der Waals surface area contributed by atoms with Gasteiger partial charge in [0.15, 0.2) is 0 Å². The van der Waals surface area contributed by atoms with Gasteiger partial charge in [0, 0.05) is 5.19 Å². The smallest absolute Gasteiger partial charge is 0.143 e. The van der Waals surface area contributed by atoms with Gasteiger partial charge in [0.2, 0.25) is 0 Å². The highest BCUT2D eigenvalue weighted by Gasteiger charge is 2.35. The summed E-state index contributed by atoms with van der Waals surface area (Å²) in [5.41, 5.74) is 0. The molecule has 0 radical (unpaired) electrons. The van der Waals surface area contributed by atoms with E-state index in [1.54, 1.807) is 0 Å². The zero-order chi connectivity index (χ0) is 12.3. The van der Waals surface area contributed by atoms with Crippen LogP contribution < -0.4 is 5.19 Å². The molecule has 1 rings (SSSR count). The topological polar surface area (TPSA) is 0 Å². The SMILES string of the molecule is CC[Si](CC)(CC)c1c(F)ccc(Cl)c1F. The van der Waals surface area contributed by atoms with Crippen molar-refractivity contribution in [3.63, 3.8) is 0 Å². The van der Waals surface area contributed by atoms with E-state index in [0.717, 1.165) is 18.1 Å². The molecule has 1 aromatic carbocycles. The van der Waals surface area contributed by atoms with Crippen LogP contribution in [0.25, 0.3) is 0 Å². The molecular weight excluding hydrogens is 246 g/mol. The molecule has 90 valence electrons. The lowest BCUT2D eigenvalue weighted by molar-refractivity contribution is 0.595. The summed E-state index contributed by atoms with van der Waals surface area (Å²) in [6.45, 7) is 6.04. The van der Waals surface area contributed by atoms with Crippen molar-refractivity contribution in [3.05, 3.63) is 28.8 Å². The monoisotopic (exact) mass is 262 g/mol. The highest BCUT2D eigenvalue weighted by Crippen LogP contribution is 2.25. The van der Waals surface area contributed by atoms with Gasteiger partial charge in [0.1, 0.15) is 11.6 Å². The first-order valence-electron chi connectivity index (χ1n) is 5.66. The molecule has 16 heavy (non-hydrogen) atoms. The Hall–Kier alpha value is -0.413. The molecule has 0 spiro atoms. The van der Waals surface area contributed by atoms with Crippen LogP contribution >= 0.6 is 11.6 Å². The number of hydrogen-bond donors (Lipinski definition) is 0. The van der Waals surface area contributed by atoms with Gasteiger partial charge in [-0.25, -0.2) is 8.78 Å². The van der Waals surface area contributed by atoms with Crippen molar-refractivity contribution in [1.29, 1.82) is 0 Å². The van der Waals surface area contributed by atoms with E-state index in [9.17, 15) is 8.78 Å². The van der Waals surface area contributed by atoms with E-state index < -0.39 is 19.7 Å². The summed E-state index contributed by atoms with van der Waals surface area (Å²) in [6, 6.07) is 5.09. The normalized spacial score (nSPS) is 11.9. The van der Waals surface area contributed by atoms with E-state index in [1.165, 1.54) is 12.1 Å². The van der Waals surface area contributed by atoms with Crippen LogP contribution in [0.2, 0.25) is 23.2 Å². The van der Waals surface area contributed by atoms with E-state index in [-0.39, 0.29) is 10.2 Å². The predicted octanol–water partition coefficient (Wildman–Crippen LogP) is 4.33. The molecule has 0 unspecified atom stereocenters. The summed E-state index contributed by atoms with van der Waals surface area (Å²) in [5.74, 6) is -0.974. The average Bonchev–Trinajstić information content (AvgIpc) is 2.30. The van der Waals surface area contributed by atoms with Crippen molar-refractivity contribution in [2.24, 2.45) is 0 Å². The van der Waals surface area contributed by atoms with Crippen LogP contribution in [0, 0.1) is 11.6 Å². The van der Waals surface area contributed by atoms with Crippen LogP contribution in [-0.2, 0) is 0 Å². The first kappa shape index (κ1) is 13.7. The maximum absolute atomic E-state index is 14.0. The molecule has 0 amide bonds. The summed E-state index contributed by atoms with van der Waals surface area (Å²) in [6.07, 6.45) is 0. The fourth-order valence-corrected chi connectivity index (χ4v) is 6.28. The van der Waals surface area contributed by atoms with E-state index in [4.69, 9.17) is 11.6 Å². The molecule has 0 nitrogen and oxygen atoms in total. The predicted molar refractivity (Wildman–Crippen MR) is 68.2 cm³/mol. The van der Waals surface area contributed by atoms with Crippen molar-refractivity contribution in [2.45, 2.75) is 38.9 Å². The molecule has 0 saturated heterocycles. The third kappa shape index (κ3) is 2.16. The van der Waals surface area contributed by atoms with E-state index in [2.05, 4.69) is 0 Å². The largest absolute Gasteiger partial charge is 0.207 e. The molecular formula is C12H17ClF2Si. The molecule has 4 heteroatoms. The Morgan fingerprint density at radius 1 is 1.06 bits per heavy atom. The quantitative estimate of drug-likeness (QED) is 0.560. The summed E-state index contributed by atoms with van der Waals surface area (Å²) in [7, 11) is -2.05. The maximum Gasteiger partial charge on any atom is 0.143 e. The first-order chi connectivity index (χ1) is 7.52. The van der Waals surface area contributed by atoms with Gasteiger partial charge in [-0.15, -0.1) is 0 Å². The van der Waals surface area contributed by atoms with Crippen LogP contribution in [-0.4, -0.2) is 8.07 Å². The second kappa shape index (κ2) is 5.28. The highest BCUT2D eigenvalue weighted by molar-refractivity contribution is 6.91. The lowest BCUT2D eigenvalue weighted by Gasteiger charge is -2.29.